The number of hydrogen-bond acceptors (Lipinski definition) is 6. The molecule has 0 amide bonds. The molecule has 2 aliphatic rings. The van der Waals surface area contributed by atoms with Crippen LogP contribution >= 0.6 is 0 Å². The van der Waals surface area contributed by atoms with Gasteiger partial charge in [-0.1, -0.05) is 6.07 Å². The van der Waals surface area contributed by atoms with Crippen molar-refractivity contribution in [1.29, 1.82) is 0 Å². The molecule has 4 heterocycles. The molecule has 5 aromatic rings. The van der Waals surface area contributed by atoms with Gasteiger partial charge in [-0.25, -0.2) is 15.0 Å². The summed E-state index contributed by atoms with van der Waals surface area (Å²) in [6.07, 6.45) is 11.8. The smallest absolute Gasteiger partial charge is 0.267 e. The molecule has 0 spiro atoms. The molecule has 2 saturated carbocycles. The van der Waals surface area contributed by atoms with Crippen LogP contribution in [0.1, 0.15) is 48.9 Å². The van der Waals surface area contributed by atoms with Gasteiger partial charge in [0.15, 0.2) is 5.82 Å². The third-order valence-corrected chi connectivity index (χ3v) is 6.68. The second-order valence-corrected chi connectivity index (χ2v) is 9.23. The second-order valence-electron chi connectivity index (χ2n) is 9.23. The van der Waals surface area contributed by atoms with Gasteiger partial charge in [0, 0.05) is 18.2 Å². The average Bonchev–Trinajstić information content (AvgIpc) is 3.78. The van der Waals surface area contributed by atoms with Crippen LogP contribution in [0.15, 0.2) is 60.3 Å². The fraction of sp³-hybridized carbons (Fsp3) is 0.280. The zero-order valence-electron chi connectivity index (χ0n) is 18.7. The van der Waals surface area contributed by atoms with Crippen molar-refractivity contribution in [3.8, 4) is 23.0 Å². The lowest BCUT2D eigenvalue weighted by molar-refractivity contribution is 0.743. The number of benzene rings is 1. The molecule has 0 bridgehead atoms. The molecule has 0 saturated heterocycles. The highest BCUT2D eigenvalue weighted by molar-refractivity contribution is 5.81. The number of nitrogens with zero attached hydrogens (tertiary/aromatic N) is 8. The second kappa shape index (κ2) is 7.18. The summed E-state index contributed by atoms with van der Waals surface area (Å²) in [7, 11) is 0. The van der Waals surface area contributed by atoms with Crippen molar-refractivity contribution in [1.82, 2.24) is 38.9 Å². The Bertz CT molecular complexity index is 1620. The highest BCUT2D eigenvalue weighted by atomic mass is 16.1. The van der Waals surface area contributed by atoms with E-state index in [1.165, 1.54) is 17.4 Å². The lowest BCUT2D eigenvalue weighted by Gasteiger charge is -2.11. The maximum Gasteiger partial charge on any atom is 0.267 e. The summed E-state index contributed by atoms with van der Waals surface area (Å²) in [5.74, 6) is 1.80. The van der Waals surface area contributed by atoms with Crippen molar-refractivity contribution in [2.75, 3.05) is 0 Å². The van der Waals surface area contributed by atoms with Gasteiger partial charge in [-0.15, -0.1) is 10.2 Å². The van der Waals surface area contributed by atoms with Crippen molar-refractivity contribution >= 4 is 10.9 Å². The van der Waals surface area contributed by atoms with Crippen LogP contribution in [-0.4, -0.2) is 38.9 Å². The molecular formula is C25H22N8O. The van der Waals surface area contributed by atoms with Gasteiger partial charge in [0.05, 0.1) is 28.6 Å². The molecule has 9 heteroatoms. The van der Waals surface area contributed by atoms with E-state index in [1.807, 2.05) is 48.1 Å². The van der Waals surface area contributed by atoms with E-state index in [0.717, 1.165) is 35.6 Å². The largest absolute Gasteiger partial charge is 0.309 e. The Morgan fingerprint density at radius 1 is 1.00 bits per heavy atom. The number of pyridine rings is 1. The third kappa shape index (κ3) is 3.15. The van der Waals surface area contributed by atoms with E-state index in [9.17, 15) is 4.79 Å². The first-order valence-electron chi connectivity index (χ1n) is 11.6. The summed E-state index contributed by atoms with van der Waals surface area (Å²) in [6.45, 7) is 2.03. The van der Waals surface area contributed by atoms with E-state index in [-0.39, 0.29) is 5.56 Å². The van der Waals surface area contributed by atoms with Crippen LogP contribution in [0.4, 0.5) is 0 Å². The minimum absolute atomic E-state index is 0.165. The monoisotopic (exact) mass is 450 g/mol. The van der Waals surface area contributed by atoms with Crippen LogP contribution in [0.25, 0.3) is 33.9 Å². The number of fused-ring (bicyclic) bond motifs is 1. The zero-order chi connectivity index (χ0) is 22.8. The van der Waals surface area contributed by atoms with Crippen LogP contribution in [-0.2, 0) is 0 Å². The summed E-state index contributed by atoms with van der Waals surface area (Å²) >= 11 is 0. The molecule has 2 aliphatic carbocycles. The molecule has 0 unspecified atom stereocenters. The Morgan fingerprint density at radius 3 is 2.71 bits per heavy atom. The number of rotatable bonds is 5. The lowest BCUT2D eigenvalue weighted by Crippen LogP contribution is -2.20. The predicted molar refractivity (Wildman–Crippen MR) is 126 cm³/mol. The molecule has 0 aliphatic heterocycles. The van der Waals surface area contributed by atoms with Crippen LogP contribution in [0, 0.1) is 6.92 Å². The molecular weight excluding hydrogens is 428 g/mol. The highest BCUT2D eigenvalue weighted by Crippen LogP contribution is 2.39. The average molecular weight is 451 g/mol. The van der Waals surface area contributed by atoms with Gasteiger partial charge in [0.25, 0.3) is 5.56 Å². The molecule has 2 fully saturated rings. The maximum atomic E-state index is 13.6. The molecule has 0 radical (unpaired) electrons. The Kier molecular flexibility index (Phi) is 4.08. The first-order valence-corrected chi connectivity index (χ1v) is 11.6. The predicted octanol–water partition coefficient (Wildman–Crippen LogP) is 3.75. The molecule has 1 aromatic carbocycles. The topological polar surface area (TPSA) is 96.3 Å². The first-order chi connectivity index (χ1) is 16.7. The van der Waals surface area contributed by atoms with E-state index < -0.39 is 0 Å². The van der Waals surface area contributed by atoms with Gasteiger partial charge in [0.1, 0.15) is 24.2 Å². The van der Waals surface area contributed by atoms with Crippen molar-refractivity contribution in [3.05, 3.63) is 77.1 Å². The standard InChI is InChI=1S/C25H22N8O/c1-15-9-20-18(10-22(15)31-11-21(26-12-31)16-5-6-16)25(34)33(13-27-20)23-4-2-3-19(29-23)24-30-28-14-32(24)17-7-8-17/h2-4,9-14,16-17H,5-8H2,1H3. The molecule has 7 rings (SSSR count). The van der Waals surface area contributed by atoms with E-state index >= 15 is 0 Å². The number of hydrogen-bond donors (Lipinski definition) is 0. The van der Waals surface area contributed by atoms with Gasteiger partial charge in [0.2, 0.25) is 0 Å². The van der Waals surface area contributed by atoms with Crippen molar-refractivity contribution in [2.45, 2.75) is 44.6 Å². The van der Waals surface area contributed by atoms with Crippen LogP contribution in [0.2, 0.25) is 0 Å². The molecule has 0 N–H and O–H groups in total. The minimum Gasteiger partial charge on any atom is -0.309 e. The minimum atomic E-state index is -0.165. The SMILES string of the molecule is Cc1cc2ncn(-c3cccc(-c4nncn4C4CC4)n3)c(=O)c2cc1-n1cnc(C2CC2)c1. The van der Waals surface area contributed by atoms with Gasteiger partial charge in [-0.2, -0.15) is 0 Å². The van der Waals surface area contributed by atoms with E-state index in [2.05, 4.69) is 30.9 Å². The first kappa shape index (κ1) is 19.3. The maximum absolute atomic E-state index is 13.6. The number of aromatic nitrogens is 8. The van der Waals surface area contributed by atoms with Crippen LogP contribution < -0.4 is 5.56 Å². The van der Waals surface area contributed by atoms with Gasteiger partial charge in [-0.05, 0) is 62.4 Å². The quantitative estimate of drug-likeness (QED) is 0.405. The van der Waals surface area contributed by atoms with Crippen molar-refractivity contribution in [3.63, 3.8) is 0 Å². The molecule has 34 heavy (non-hydrogen) atoms. The summed E-state index contributed by atoms with van der Waals surface area (Å²) < 4.78 is 5.55. The van der Waals surface area contributed by atoms with E-state index in [0.29, 0.717) is 34.4 Å². The summed E-state index contributed by atoms with van der Waals surface area (Å²) in [5.41, 5.74) is 4.27. The van der Waals surface area contributed by atoms with Gasteiger partial charge < -0.3 is 9.13 Å². The van der Waals surface area contributed by atoms with Crippen molar-refractivity contribution in [2.24, 2.45) is 0 Å². The van der Waals surface area contributed by atoms with E-state index in [4.69, 9.17) is 4.98 Å². The van der Waals surface area contributed by atoms with Gasteiger partial charge in [-0.3, -0.25) is 9.36 Å². The third-order valence-electron chi connectivity index (χ3n) is 6.68. The summed E-state index contributed by atoms with van der Waals surface area (Å²) in [6, 6.07) is 9.88. The normalized spacial score (nSPS) is 15.8. The Labute approximate surface area is 194 Å². The summed E-state index contributed by atoms with van der Waals surface area (Å²) in [4.78, 5) is 27.4. The number of aryl methyl sites for hydroxylation is 1. The molecule has 168 valence electrons. The van der Waals surface area contributed by atoms with Crippen molar-refractivity contribution < 1.29 is 0 Å². The fourth-order valence-electron chi connectivity index (χ4n) is 4.49. The molecule has 0 atom stereocenters. The summed E-state index contributed by atoms with van der Waals surface area (Å²) in [5, 5.41) is 8.88. The fourth-order valence-corrected chi connectivity index (χ4v) is 4.49. The highest BCUT2D eigenvalue weighted by Gasteiger charge is 2.27. The molecule has 9 nitrogen and oxygen atoms in total. The van der Waals surface area contributed by atoms with E-state index in [1.54, 1.807) is 12.7 Å². The zero-order valence-corrected chi connectivity index (χ0v) is 18.7. The number of imidazole rings is 1. The lowest BCUT2D eigenvalue weighted by atomic mass is 10.1. The Morgan fingerprint density at radius 2 is 1.88 bits per heavy atom. The Balaban J connectivity index is 1.33. The van der Waals surface area contributed by atoms with Crippen LogP contribution in [0.5, 0.6) is 0 Å². The van der Waals surface area contributed by atoms with Gasteiger partial charge >= 0.3 is 0 Å². The molecule has 4 aromatic heterocycles. The Hall–Kier alpha value is -4.14. The van der Waals surface area contributed by atoms with Crippen LogP contribution in [0.3, 0.4) is 0 Å².